The summed E-state index contributed by atoms with van der Waals surface area (Å²) in [5.74, 6) is -0.0602. The number of carbonyl (C=O) groups is 1. The molecular weight excluding hydrogens is 322 g/mol. The first-order chi connectivity index (χ1) is 11.5. The van der Waals surface area contributed by atoms with E-state index >= 15 is 0 Å². The Bertz CT molecular complexity index is 1060. The average Bonchev–Trinajstić information content (AvgIpc) is 3.21. The quantitative estimate of drug-likeness (QED) is 0.577. The van der Waals surface area contributed by atoms with Crippen LogP contribution in [0.3, 0.4) is 0 Å². The minimum atomic E-state index is -0.0602. The molecule has 0 aliphatic heterocycles. The van der Waals surface area contributed by atoms with E-state index in [-0.39, 0.29) is 5.91 Å². The zero-order valence-electron chi connectivity index (χ0n) is 13.7. The summed E-state index contributed by atoms with van der Waals surface area (Å²) in [4.78, 5) is 25.6. The third-order valence-electron chi connectivity index (χ3n) is 4.11. The Morgan fingerprint density at radius 1 is 1.29 bits per heavy atom. The highest BCUT2D eigenvalue weighted by Gasteiger charge is 2.19. The van der Waals surface area contributed by atoms with Crippen LogP contribution in [0.2, 0.25) is 0 Å². The fourth-order valence-electron chi connectivity index (χ4n) is 2.88. The monoisotopic (exact) mass is 339 g/mol. The average molecular weight is 339 g/mol. The van der Waals surface area contributed by atoms with Crippen molar-refractivity contribution in [2.75, 3.05) is 7.05 Å². The zero-order valence-corrected chi connectivity index (χ0v) is 14.5. The maximum absolute atomic E-state index is 12.8. The summed E-state index contributed by atoms with van der Waals surface area (Å²) >= 11 is 1.66. The first-order valence-electron chi connectivity index (χ1n) is 7.66. The summed E-state index contributed by atoms with van der Waals surface area (Å²) in [5.41, 5.74) is 3.33. The van der Waals surface area contributed by atoms with Gasteiger partial charge in [-0.15, -0.1) is 11.3 Å². The highest BCUT2D eigenvalue weighted by molar-refractivity contribution is 7.17. The van der Waals surface area contributed by atoms with E-state index in [1.54, 1.807) is 22.4 Å². The maximum atomic E-state index is 12.8. The molecule has 0 saturated carbocycles. The van der Waals surface area contributed by atoms with E-state index in [1.165, 1.54) is 4.88 Å². The predicted octanol–water partition coefficient (Wildman–Crippen LogP) is 2.93. The topological polar surface area (TPSA) is 54.9 Å². The number of amides is 1. The van der Waals surface area contributed by atoms with Crippen molar-refractivity contribution in [2.24, 2.45) is 0 Å². The Hall–Kier alpha value is -2.67. The van der Waals surface area contributed by atoms with Crippen LogP contribution in [0.25, 0.3) is 10.6 Å². The van der Waals surface area contributed by atoms with Crippen molar-refractivity contribution in [1.29, 1.82) is 0 Å². The standard InChI is InChI=1S/C17H17N5OS/c1-11-9-22-14(12(2)19-17(22)24-11)10-20(3)16(23)13-8-18-15-6-4-5-7-21(13)15/h4-9H,10H2,1-3H3. The van der Waals surface area contributed by atoms with Crippen LogP contribution in [0.1, 0.15) is 26.8 Å². The lowest BCUT2D eigenvalue weighted by Gasteiger charge is -2.17. The molecule has 0 N–H and O–H groups in total. The number of imidazole rings is 2. The highest BCUT2D eigenvalue weighted by Crippen LogP contribution is 2.22. The van der Waals surface area contributed by atoms with Crippen LogP contribution >= 0.6 is 11.3 Å². The van der Waals surface area contributed by atoms with Gasteiger partial charge in [0.15, 0.2) is 4.96 Å². The van der Waals surface area contributed by atoms with Crippen molar-refractivity contribution in [3.05, 3.63) is 58.7 Å². The second-order valence-corrected chi connectivity index (χ2v) is 7.09. The molecule has 6 nitrogen and oxygen atoms in total. The highest BCUT2D eigenvalue weighted by atomic mass is 32.1. The Morgan fingerprint density at radius 2 is 2.12 bits per heavy atom. The van der Waals surface area contributed by atoms with Gasteiger partial charge in [0.25, 0.3) is 5.91 Å². The van der Waals surface area contributed by atoms with E-state index in [9.17, 15) is 4.79 Å². The van der Waals surface area contributed by atoms with Gasteiger partial charge in [0.05, 0.1) is 24.1 Å². The molecule has 0 radical (unpaired) electrons. The molecule has 4 rings (SSSR count). The minimum absolute atomic E-state index is 0.0602. The third-order valence-corrected chi connectivity index (χ3v) is 5.01. The first kappa shape index (κ1) is 14.9. The summed E-state index contributed by atoms with van der Waals surface area (Å²) in [6.45, 7) is 4.55. The van der Waals surface area contributed by atoms with Crippen LogP contribution in [0.15, 0.2) is 36.8 Å². The van der Waals surface area contributed by atoms with Gasteiger partial charge in [-0.25, -0.2) is 9.97 Å². The Balaban J connectivity index is 1.66. The summed E-state index contributed by atoms with van der Waals surface area (Å²) in [7, 11) is 1.81. The minimum Gasteiger partial charge on any atom is -0.334 e. The van der Waals surface area contributed by atoms with E-state index < -0.39 is 0 Å². The molecule has 0 fully saturated rings. The molecule has 4 heterocycles. The number of hydrogen-bond acceptors (Lipinski definition) is 4. The van der Waals surface area contributed by atoms with Gasteiger partial charge < -0.3 is 4.90 Å². The van der Waals surface area contributed by atoms with Crippen molar-refractivity contribution < 1.29 is 4.79 Å². The van der Waals surface area contributed by atoms with Crippen LogP contribution in [0.5, 0.6) is 0 Å². The van der Waals surface area contributed by atoms with Gasteiger partial charge in [-0.05, 0) is 26.0 Å². The number of thiazole rings is 1. The number of aromatic nitrogens is 4. The van der Waals surface area contributed by atoms with Crippen LogP contribution in [-0.4, -0.2) is 36.6 Å². The van der Waals surface area contributed by atoms with Crippen LogP contribution in [0, 0.1) is 13.8 Å². The third kappa shape index (κ3) is 2.28. The fraction of sp³-hybridized carbons (Fsp3) is 0.235. The first-order valence-corrected chi connectivity index (χ1v) is 8.48. The van der Waals surface area contributed by atoms with Crippen molar-refractivity contribution in [3.63, 3.8) is 0 Å². The smallest absolute Gasteiger partial charge is 0.272 e. The van der Waals surface area contributed by atoms with Crippen molar-refractivity contribution in [1.82, 2.24) is 23.7 Å². The second kappa shape index (κ2) is 5.45. The molecule has 0 atom stereocenters. The van der Waals surface area contributed by atoms with E-state index in [0.29, 0.717) is 12.2 Å². The summed E-state index contributed by atoms with van der Waals surface area (Å²) in [6.07, 6.45) is 5.55. The van der Waals surface area contributed by atoms with Gasteiger partial charge in [0.2, 0.25) is 0 Å². The lowest BCUT2D eigenvalue weighted by molar-refractivity contribution is 0.0776. The number of fused-ring (bicyclic) bond motifs is 2. The normalized spacial score (nSPS) is 11.5. The Morgan fingerprint density at radius 3 is 2.96 bits per heavy atom. The van der Waals surface area contributed by atoms with E-state index in [0.717, 1.165) is 22.0 Å². The molecule has 4 aromatic rings. The molecule has 24 heavy (non-hydrogen) atoms. The summed E-state index contributed by atoms with van der Waals surface area (Å²) in [6, 6.07) is 5.69. The molecule has 122 valence electrons. The number of nitrogens with zero attached hydrogens (tertiary/aromatic N) is 5. The lowest BCUT2D eigenvalue weighted by Crippen LogP contribution is -2.28. The number of rotatable bonds is 3. The fourth-order valence-corrected chi connectivity index (χ4v) is 3.77. The van der Waals surface area contributed by atoms with Crippen LogP contribution in [-0.2, 0) is 6.54 Å². The van der Waals surface area contributed by atoms with E-state index in [1.807, 2.05) is 42.8 Å². The predicted molar refractivity (Wildman–Crippen MR) is 93.5 cm³/mol. The SMILES string of the molecule is Cc1cn2c(CN(C)C(=O)c3cnc4ccccn34)c(C)nc2s1. The molecule has 0 aliphatic carbocycles. The van der Waals surface area contributed by atoms with Crippen LogP contribution < -0.4 is 0 Å². The van der Waals surface area contributed by atoms with Gasteiger partial charge in [0, 0.05) is 24.3 Å². The van der Waals surface area contributed by atoms with Gasteiger partial charge >= 0.3 is 0 Å². The Labute approximate surface area is 143 Å². The molecule has 0 bridgehead atoms. The molecule has 0 saturated heterocycles. The molecule has 1 amide bonds. The molecule has 0 unspecified atom stereocenters. The summed E-state index contributed by atoms with van der Waals surface area (Å²) in [5, 5.41) is 0. The molecule has 0 aliphatic rings. The van der Waals surface area contributed by atoms with Gasteiger partial charge in [-0.3, -0.25) is 13.6 Å². The molecular formula is C17H17N5OS. The summed E-state index contributed by atoms with van der Waals surface area (Å²) < 4.78 is 3.89. The lowest BCUT2D eigenvalue weighted by atomic mass is 10.3. The second-order valence-electron chi connectivity index (χ2n) is 5.87. The van der Waals surface area contributed by atoms with Gasteiger partial charge in [0.1, 0.15) is 11.3 Å². The zero-order chi connectivity index (χ0) is 16.8. The Kier molecular flexibility index (Phi) is 3.38. The van der Waals surface area contributed by atoms with E-state index in [4.69, 9.17) is 0 Å². The number of pyridine rings is 1. The largest absolute Gasteiger partial charge is 0.334 e. The van der Waals surface area contributed by atoms with Crippen molar-refractivity contribution in [3.8, 4) is 0 Å². The number of hydrogen-bond donors (Lipinski definition) is 0. The molecule has 4 aromatic heterocycles. The molecule has 7 heteroatoms. The number of carbonyl (C=O) groups excluding carboxylic acids is 1. The number of aryl methyl sites for hydroxylation is 2. The van der Waals surface area contributed by atoms with Gasteiger partial charge in [-0.2, -0.15) is 0 Å². The van der Waals surface area contributed by atoms with Gasteiger partial charge in [-0.1, -0.05) is 6.07 Å². The molecule has 0 spiro atoms. The van der Waals surface area contributed by atoms with Crippen molar-refractivity contribution in [2.45, 2.75) is 20.4 Å². The maximum Gasteiger partial charge on any atom is 0.272 e. The molecule has 0 aromatic carbocycles. The van der Waals surface area contributed by atoms with Crippen LogP contribution in [0.4, 0.5) is 0 Å². The van der Waals surface area contributed by atoms with Crippen molar-refractivity contribution >= 4 is 27.9 Å². The van der Waals surface area contributed by atoms with E-state index in [2.05, 4.69) is 27.5 Å².